The second kappa shape index (κ2) is 4.82. The third kappa shape index (κ3) is 3.27. The van der Waals surface area contributed by atoms with Crippen LogP contribution in [-0.4, -0.2) is 13.0 Å². The smallest absolute Gasteiger partial charge is 0.358 e. The van der Waals surface area contributed by atoms with E-state index in [1.807, 2.05) is 0 Å². The minimum absolute atomic E-state index is 0.175. The molecule has 5 heteroatoms. The predicted molar refractivity (Wildman–Crippen MR) is 49.2 cm³/mol. The van der Waals surface area contributed by atoms with Crippen LogP contribution in [0.1, 0.15) is 11.1 Å². The van der Waals surface area contributed by atoms with Gasteiger partial charge < -0.3 is 5.32 Å². The standard InChI is InChI=1S/C10H10F3NO/c11-10(12,13)9-4-2-1-3-8(9)5-6-14-7-15/h1-4,7H,5-6H2,(H,14,15). The lowest BCUT2D eigenvalue weighted by molar-refractivity contribution is -0.138. The van der Waals surface area contributed by atoms with Gasteiger partial charge in [-0.25, -0.2) is 0 Å². The summed E-state index contributed by atoms with van der Waals surface area (Å²) in [6, 6.07) is 5.34. The lowest BCUT2D eigenvalue weighted by Crippen LogP contribution is -2.17. The van der Waals surface area contributed by atoms with Gasteiger partial charge in [-0.3, -0.25) is 4.79 Å². The largest absolute Gasteiger partial charge is 0.416 e. The van der Waals surface area contributed by atoms with Crippen LogP contribution in [0.15, 0.2) is 24.3 Å². The second-order valence-corrected chi connectivity index (χ2v) is 2.98. The lowest BCUT2D eigenvalue weighted by Gasteiger charge is -2.11. The van der Waals surface area contributed by atoms with Crippen LogP contribution in [0.25, 0.3) is 0 Å². The average Bonchev–Trinajstić information content (AvgIpc) is 2.17. The van der Waals surface area contributed by atoms with E-state index in [1.54, 1.807) is 6.07 Å². The molecule has 0 unspecified atom stereocenters. The summed E-state index contributed by atoms with van der Waals surface area (Å²) in [6.45, 7) is 0.205. The fraction of sp³-hybridized carbons (Fsp3) is 0.300. The van der Waals surface area contributed by atoms with Crippen LogP contribution in [-0.2, 0) is 17.4 Å². The first-order valence-corrected chi connectivity index (χ1v) is 4.38. The van der Waals surface area contributed by atoms with Gasteiger partial charge in [0.05, 0.1) is 5.56 Å². The van der Waals surface area contributed by atoms with E-state index in [1.165, 1.54) is 12.1 Å². The van der Waals surface area contributed by atoms with E-state index >= 15 is 0 Å². The number of benzene rings is 1. The van der Waals surface area contributed by atoms with E-state index in [4.69, 9.17) is 0 Å². The first-order chi connectivity index (χ1) is 7.05. The third-order valence-corrected chi connectivity index (χ3v) is 1.94. The molecule has 1 rings (SSSR count). The van der Waals surface area contributed by atoms with Crippen molar-refractivity contribution >= 4 is 6.41 Å². The summed E-state index contributed by atoms with van der Waals surface area (Å²) in [5.41, 5.74) is -0.447. The Balaban J connectivity index is 2.82. The molecule has 0 saturated heterocycles. The van der Waals surface area contributed by atoms with Crippen molar-refractivity contribution in [1.82, 2.24) is 5.32 Å². The molecule has 1 amide bonds. The Morgan fingerprint density at radius 1 is 1.27 bits per heavy atom. The van der Waals surface area contributed by atoms with Crippen molar-refractivity contribution in [1.29, 1.82) is 0 Å². The average molecular weight is 217 g/mol. The molecule has 0 aliphatic heterocycles. The molecule has 0 aromatic heterocycles. The number of carbonyl (C=O) groups excluding carboxylic acids is 1. The van der Waals surface area contributed by atoms with Crippen LogP contribution in [0, 0.1) is 0 Å². The first-order valence-electron chi connectivity index (χ1n) is 4.38. The monoisotopic (exact) mass is 217 g/mol. The Kier molecular flexibility index (Phi) is 3.71. The van der Waals surface area contributed by atoms with Crippen molar-refractivity contribution in [3.05, 3.63) is 35.4 Å². The van der Waals surface area contributed by atoms with Crippen LogP contribution in [0.4, 0.5) is 13.2 Å². The van der Waals surface area contributed by atoms with E-state index in [-0.39, 0.29) is 18.5 Å². The number of nitrogens with one attached hydrogen (secondary N) is 1. The maximum Gasteiger partial charge on any atom is 0.416 e. The van der Waals surface area contributed by atoms with Crippen molar-refractivity contribution in [2.45, 2.75) is 12.6 Å². The highest BCUT2D eigenvalue weighted by Gasteiger charge is 2.32. The number of rotatable bonds is 4. The van der Waals surface area contributed by atoms with Crippen molar-refractivity contribution in [3.8, 4) is 0 Å². The number of alkyl halides is 3. The molecule has 15 heavy (non-hydrogen) atoms. The molecule has 0 atom stereocenters. The Labute approximate surface area is 85.1 Å². The van der Waals surface area contributed by atoms with E-state index in [2.05, 4.69) is 5.32 Å². The molecule has 1 N–H and O–H groups in total. The van der Waals surface area contributed by atoms with Gasteiger partial charge in [-0.15, -0.1) is 0 Å². The fourth-order valence-electron chi connectivity index (χ4n) is 1.28. The zero-order valence-electron chi connectivity index (χ0n) is 7.84. The molecule has 2 nitrogen and oxygen atoms in total. The van der Waals surface area contributed by atoms with Crippen LogP contribution >= 0.6 is 0 Å². The van der Waals surface area contributed by atoms with Crippen molar-refractivity contribution in [2.24, 2.45) is 0 Å². The summed E-state index contributed by atoms with van der Waals surface area (Å²) in [7, 11) is 0. The quantitative estimate of drug-likeness (QED) is 0.606. The molecule has 0 radical (unpaired) electrons. The van der Waals surface area contributed by atoms with Crippen molar-refractivity contribution in [2.75, 3.05) is 6.54 Å². The van der Waals surface area contributed by atoms with E-state index in [0.717, 1.165) is 6.07 Å². The van der Waals surface area contributed by atoms with Gasteiger partial charge in [0.1, 0.15) is 0 Å². The lowest BCUT2D eigenvalue weighted by atomic mass is 10.0. The molecule has 0 fully saturated rings. The number of hydrogen-bond acceptors (Lipinski definition) is 1. The molecule has 0 saturated carbocycles. The first kappa shape index (κ1) is 11.6. The predicted octanol–water partition coefficient (Wildman–Crippen LogP) is 1.99. The van der Waals surface area contributed by atoms with Gasteiger partial charge in [-0.1, -0.05) is 18.2 Å². The zero-order valence-corrected chi connectivity index (χ0v) is 7.84. The zero-order chi connectivity index (χ0) is 11.3. The van der Waals surface area contributed by atoms with Gasteiger partial charge in [-0.05, 0) is 18.1 Å². The van der Waals surface area contributed by atoms with Crippen molar-refractivity contribution < 1.29 is 18.0 Å². The molecule has 0 spiro atoms. The molecule has 82 valence electrons. The normalized spacial score (nSPS) is 11.1. The fourth-order valence-corrected chi connectivity index (χ4v) is 1.28. The highest BCUT2D eigenvalue weighted by Crippen LogP contribution is 2.31. The molecule has 0 bridgehead atoms. The highest BCUT2D eigenvalue weighted by molar-refractivity contribution is 5.46. The SMILES string of the molecule is O=CNCCc1ccccc1C(F)(F)F. The summed E-state index contributed by atoms with van der Waals surface area (Å²) < 4.78 is 37.4. The Morgan fingerprint density at radius 3 is 2.53 bits per heavy atom. The van der Waals surface area contributed by atoms with Gasteiger partial charge in [0.25, 0.3) is 0 Å². The Morgan fingerprint density at radius 2 is 1.93 bits per heavy atom. The summed E-state index contributed by atoms with van der Waals surface area (Å²) in [5, 5.41) is 2.33. The minimum Gasteiger partial charge on any atom is -0.358 e. The van der Waals surface area contributed by atoms with Gasteiger partial charge in [-0.2, -0.15) is 13.2 Å². The van der Waals surface area contributed by atoms with Crippen molar-refractivity contribution in [3.63, 3.8) is 0 Å². The summed E-state index contributed by atoms with van der Waals surface area (Å²) in [5.74, 6) is 0. The van der Waals surface area contributed by atoms with Crippen LogP contribution in [0.3, 0.4) is 0 Å². The maximum absolute atomic E-state index is 12.5. The van der Waals surface area contributed by atoms with Gasteiger partial charge >= 0.3 is 6.18 Å². The summed E-state index contributed by atoms with van der Waals surface area (Å²) >= 11 is 0. The highest BCUT2D eigenvalue weighted by atomic mass is 19.4. The topological polar surface area (TPSA) is 29.1 Å². The minimum atomic E-state index is -4.34. The van der Waals surface area contributed by atoms with E-state index in [9.17, 15) is 18.0 Å². The van der Waals surface area contributed by atoms with E-state index in [0.29, 0.717) is 6.41 Å². The van der Waals surface area contributed by atoms with Gasteiger partial charge in [0.2, 0.25) is 6.41 Å². The number of amides is 1. The van der Waals surface area contributed by atoms with Gasteiger partial charge in [0, 0.05) is 6.54 Å². The van der Waals surface area contributed by atoms with E-state index < -0.39 is 11.7 Å². The maximum atomic E-state index is 12.5. The number of carbonyl (C=O) groups is 1. The number of halogens is 3. The summed E-state index contributed by atoms with van der Waals surface area (Å²) in [4.78, 5) is 9.94. The number of hydrogen-bond donors (Lipinski definition) is 1. The van der Waals surface area contributed by atoms with Gasteiger partial charge in [0.15, 0.2) is 0 Å². The molecular weight excluding hydrogens is 207 g/mol. The van der Waals surface area contributed by atoms with Crippen LogP contribution in [0.5, 0.6) is 0 Å². The Hall–Kier alpha value is -1.52. The molecule has 1 aromatic carbocycles. The Bertz CT molecular complexity index is 336. The molecule has 0 heterocycles. The van der Waals surface area contributed by atoms with Crippen LogP contribution in [0.2, 0.25) is 0 Å². The molecular formula is C10H10F3NO. The van der Waals surface area contributed by atoms with Crippen LogP contribution < -0.4 is 5.32 Å². The molecule has 0 aliphatic rings. The molecule has 0 aliphatic carbocycles. The third-order valence-electron chi connectivity index (χ3n) is 1.94. The second-order valence-electron chi connectivity index (χ2n) is 2.98. The molecule has 1 aromatic rings. The summed E-state index contributed by atoms with van der Waals surface area (Å²) in [6.07, 6.45) is -3.69.